The van der Waals surface area contributed by atoms with E-state index in [9.17, 15) is 4.79 Å². The zero-order valence-corrected chi connectivity index (χ0v) is 7.83. The summed E-state index contributed by atoms with van der Waals surface area (Å²) in [6, 6.07) is 0. The van der Waals surface area contributed by atoms with Crippen LogP contribution in [0.25, 0.3) is 0 Å². The molecule has 0 N–H and O–H groups in total. The smallest absolute Gasteiger partial charge is 0.339 e. The molecule has 13 heavy (non-hydrogen) atoms. The summed E-state index contributed by atoms with van der Waals surface area (Å²) in [6.07, 6.45) is 3.02. The normalized spacial score (nSPS) is 9.46. The van der Waals surface area contributed by atoms with Crippen molar-refractivity contribution in [3.8, 4) is 5.75 Å². The van der Waals surface area contributed by atoms with Crippen molar-refractivity contribution in [1.82, 2.24) is 4.98 Å². The van der Waals surface area contributed by atoms with Crippen LogP contribution in [-0.4, -0.2) is 25.2 Å². The van der Waals surface area contributed by atoms with Crippen LogP contribution in [0, 0.1) is 6.92 Å². The molecule has 4 nitrogen and oxygen atoms in total. The summed E-state index contributed by atoms with van der Waals surface area (Å²) in [6.45, 7) is 1.78. The first kappa shape index (κ1) is 9.51. The van der Waals surface area contributed by atoms with E-state index in [1.165, 1.54) is 20.4 Å². The number of esters is 1. The van der Waals surface area contributed by atoms with Gasteiger partial charge >= 0.3 is 5.97 Å². The second kappa shape index (κ2) is 3.89. The van der Waals surface area contributed by atoms with Crippen LogP contribution in [0.15, 0.2) is 12.4 Å². The molecule has 0 atom stereocenters. The van der Waals surface area contributed by atoms with E-state index >= 15 is 0 Å². The Bertz CT molecular complexity index is 323. The van der Waals surface area contributed by atoms with E-state index in [1.54, 1.807) is 13.1 Å². The van der Waals surface area contributed by atoms with E-state index in [0.29, 0.717) is 11.3 Å². The van der Waals surface area contributed by atoms with Crippen molar-refractivity contribution in [3.05, 3.63) is 23.5 Å². The van der Waals surface area contributed by atoms with Crippen molar-refractivity contribution in [2.24, 2.45) is 0 Å². The number of aromatic nitrogens is 1. The number of methoxy groups -OCH3 is 2. The SMILES string of the molecule is COC(=O)c1cncc(OC)c1C. The predicted molar refractivity (Wildman–Crippen MR) is 46.9 cm³/mol. The van der Waals surface area contributed by atoms with Crippen LogP contribution < -0.4 is 4.74 Å². The van der Waals surface area contributed by atoms with Crippen LogP contribution >= 0.6 is 0 Å². The first-order chi connectivity index (χ1) is 6.20. The van der Waals surface area contributed by atoms with Crippen LogP contribution in [0.3, 0.4) is 0 Å². The molecule has 0 amide bonds. The number of nitrogens with zero attached hydrogens (tertiary/aromatic N) is 1. The number of carbonyl (C=O) groups excluding carboxylic acids is 1. The molecule has 0 aliphatic rings. The first-order valence-corrected chi connectivity index (χ1v) is 3.77. The minimum atomic E-state index is -0.399. The Morgan fingerprint density at radius 1 is 1.38 bits per heavy atom. The van der Waals surface area contributed by atoms with Crippen LogP contribution in [0.4, 0.5) is 0 Å². The molecule has 0 spiro atoms. The van der Waals surface area contributed by atoms with Crippen molar-refractivity contribution in [2.75, 3.05) is 14.2 Å². The standard InChI is InChI=1S/C9H11NO3/c1-6-7(9(11)13-3)4-10-5-8(6)12-2/h4-5H,1-3H3. The van der Waals surface area contributed by atoms with Gasteiger partial charge in [-0.1, -0.05) is 0 Å². The largest absolute Gasteiger partial charge is 0.495 e. The molecule has 1 rings (SSSR count). The van der Waals surface area contributed by atoms with Crippen molar-refractivity contribution in [2.45, 2.75) is 6.92 Å². The topological polar surface area (TPSA) is 48.4 Å². The number of pyridine rings is 1. The molecule has 0 radical (unpaired) electrons. The first-order valence-electron chi connectivity index (χ1n) is 3.77. The number of ether oxygens (including phenoxy) is 2. The van der Waals surface area contributed by atoms with Gasteiger partial charge in [0.05, 0.1) is 26.0 Å². The summed E-state index contributed by atoms with van der Waals surface area (Å²) in [5.41, 5.74) is 1.17. The Morgan fingerprint density at radius 2 is 2.08 bits per heavy atom. The summed E-state index contributed by atoms with van der Waals surface area (Å²) in [5, 5.41) is 0. The van der Waals surface area contributed by atoms with Crippen molar-refractivity contribution in [1.29, 1.82) is 0 Å². The van der Waals surface area contributed by atoms with Crippen LogP contribution in [0.1, 0.15) is 15.9 Å². The summed E-state index contributed by atoms with van der Waals surface area (Å²) < 4.78 is 9.59. The zero-order chi connectivity index (χ0) is 9.84. The van der Waals surface area contributed by atoms with Crippen LogP contribution in [0.2, 0.25) is 0 Å². The van der Waals surface area contributed by atoms with E-state index in [2.05, 4.69) is 9.72 Å². The second-order valence-corrected chi connectivity index (χ2v) is 2.51. The van der Waals surface area contributed by atoms with Crippen LogP contribution in [0.5, 0.6) is 5.75 Å². The third-order valence-corrected chi connectivity index (χ3v) is 1.79. The fourth-order valence-corrected chi connectivity index (χ4v) is 1.03. The van der Waals surface area contributed by atoms with Gasteiger partial charge in [0.15, 0.2) is 0 Å². The van der Waals surface area contributed by atoms with Crippen LogP contribution in [-0.2, 0) is 4.74 Å². The number of carbonyl (C=O) groups is 1. The summed E-state index contributed by atoms with van der Waals surface area (Å²) in [7, 11) is 2.87. The molecule has 70 valence electrons. The summed E-state index contributed by atoms with van der Waals surface area (Å²) in [4.78, 5) is 15.0. The molecule has 4 heteroatoms. The van der Waals surface area contributed by atoms with Gasteiger partial charge < -0.3 is 9.47 Å². The van der Waals surface area contributed by atoms with Gasteiger partial charge in [0.25, 0.3) is 0 Å². The Morgan fingerprint density at radius 3 is 2.62 bits per heavy atom. The molecule has 0 saturated heterocycles. The summed E-state index contributed by atoms with van der Waals surface area (Å²) >= 11 is 0. The van der Waals surface area contributed by atoms with Gasteiger partial charge in [-0.05, 0) is 6.92 Å². The molecule has 0 saturated carbocycles. The minimum absolute atomic E-state index is 0.399. The van der Waals surface area contributed by atoms with Gasteiger partial charge in [-0.2, -0.15) is 0 Å². The van der Waals surface area contributed by atoms with Crippen molar-refractivity contribution >= 4 is 5.97 Å². The van der Waals surface area contributed by atoms with Gasteiger partial charge in [0.2, 0.25) is 0 Å². The van der Waals surface area contributed by atoms with E-state index in [4.69, 9.17) is 4.74 Å². The molecule has 1 aromatic rings. The predicted octanol–water partition coefficient (Wildman–Crippen LogP) is 1.19. The Balaban J connectivity index is 3.15. The molecule has 0 aliphatic carbocycles. The Hall–Kier alpha value is -1.58. The van der Waals surface area contributed by atoms with Crippen molar-refractivity contribution in [3.63, 3.8) is 0 Å². The third kappa shape index (κ3) is 1.77. The van der Waals surface area contributed by atoms with E-state index in [-0.39, 0.29) is 0 Å². The second-order valence-electron chi connectivity index (χ2n) is 2.51. The fraction of sp³-hybridized carbons (Fsp3) is 0.333. The lowest BCUT2D eigenvalue weighted by Crippen LogP contribution is -2.05. The quantitative estimate of drug-likeness (QED) is 0.643. The molecule has 1 heterocycles. The lowest BCUT2D eigenvalue weighted by molar-refractivity contribution is 0.0599. The maximum Gasteiger partial charge on any atom is 0.339 e. The van der Waals surface area contributed by atoms with E-state index in [0.717, 1.165) is 5.56 Å². The average molecular weight is 181 g/mol. The lowest BCUT2D eigenvalue weighted by Gasteiger charge is -2.06. The Kier molecular flexibility index (Phi) is 2.84. The molecule has 0 aromatic carbocycles. The average Bonchev–Trinajstić information content (AvgIpc) is 2.17. The highest BCUT2D eigenvalue weighted by Gasteiger charge is 2.12. The highest BCUT2D eigenvalue weighted by atomic mass is 16.5. The fourth-order valence-electron chi connectivity index (χ4n) is 1.03. The zero-order valence-electron chi connectivity index (χ0n) is 7.83. The van der Waals surface area contributed by atoms with Crippen molar-refractivity contribution < 1.29 is 14.3 Å². The number of rotatable bonds is 2. The highest BCUT2D eigenvalue weighted by Crippen LogP contribution is 2.19. The number of hydrogen-bond acceptors (Lipinski definition) is 4. The molecule has 0 bridgehead atoms. The maximum absolute atomic E-state index is 11.2. The van der Waals surface area contributed by atoms with E-state index < -0.39 is 5.97 Å². The van der Waals surface area contributed by atoms with Gasteiger partial charge in [0.1, 0.15) is 5.75 Å². The Labute approximate surface area is 76.5 Å². The van der Waals surface area contributed by atoms with Gasteiger partial charge in [-0.3, -0.25) is 4.98 Å². The van der Waals surface area contributed by atoms with Gasteiger partial charge in [0, 0.05) is 11.8 Å². The molecule has 0 unspecified atom stereocenters. The number of hydrogen-bond donors (Lipinski definition) is 0. The van der Waals surface area contributed by atoms with Gasteiger partial charge in [-0.25, -0.2) is 4.79 Å². The molecular formula is C9H11NO3. The molecular weight excluding hydrogens is 170 g/mol. The highest BCUT2D eigenvalue weighted by molar-refractivity contribution is 5.91. The van der Waals surface area contributed by atoms with Gasteiger partial charge in [-0.15, -0.1) is 0 Å². The van der Waals surface area contributed by atoms with E-state index in [1.807, 2.05) is 0 Å². The molecule has 0 aliphatic heterocycles. The lowest BCUT2D eigenvalue weighted by atomic mass is 10.1. The third-order valence-electron chi connectivity index (χ3n) is 1.79. The minimum Gasteiger partial charge on any atom is -0.495 e. The molecule has 0 fully saturated rings. The summed E-state index contributed by atoms with van der Waals surface area (Å²) in [5.74, 6) is 0.187. The monoisotopic (exact) mass is 181 g/mol. The maximum atomic E-state index is 11.2. The molecule has 1 aromatic heterocycles.